The Balaban J connectivity index is 2.35. The normalized spacial score (nSPS) is 22.8. The van der Waals surface area contributed by atoms with E-state index in [1.165, 1.54) is 0 Å². The van der Waals surface area contributed by atoms with Crippen molar-refractivity contribution in [2.24, 2.45) is 5.92 Å². The maximum absolute atomic E-state index is 11.5. The number of carboxylic acids is 1. The number of hydrogen-bond donors (Lipinski definition) is 1. The molecule has 1 fully saturated rings. The topological polar surface area (TPSA) is 59.0 Å². The number of ether oxygens (including phenoxy) is 2. The van der Waals surface area contributed by atoms with Gasteiger partial charge in [-0.1, -0.05) is 13.0 Å². The van der Waals surface area contributed by atoms with E-state index in [1.807, 2.05) is 25.1 Å². The van der Waals surface area contributed by atoms with Gasteiger partial charge in [0.1, 0.15) is 11.5 Å². The van der Waals surface area contributed by atoms with Crippen molar-refractivity contribution in [3.63, 3.8) is 0 Å². The predicted molar refractivity (Wildman–Crippen MR) is 75.5 cm³/mol. The fourth-order valence-corrected chi connectivity index (χ4v) is 2.83. The number of carbonyl (C=O) groups is 1. The largest absolute Gasteiger partial charge is 0.497 e. The Kier molecular flexibility index (Phi) is 4.49. The molecule has 5 nitrogen and oxygen atoms in total. The van der Waals surface area contributed by atoms with E-state index >= 15 is 0 Å². The number of methoxy groups -OCH3 is 2. The van der Waals surface area contributed by atoms with E-state index in [-0.39, 0.29) is 5.92 Å². The van der Waals surface area contributed by atoms with Crippen molar-refractivity contribution < 1.29 is 19.4 Å². The Bertz CT molecular complexity index is 489. The van der Waals surface area contributed by atoms with Gasteiger partial charge in [0, 0.05) is 25.1 Å². The van der Waals surface area contributed by atoms with Crippen molar-refractivity contribution in [1.29, 1.82) is 0 Å². The maximum atomic E-state index is 11.5. The van der Waals surface area contributed by atoms with E-state index < -0.39 is 11.9 Å². The average Bonchev–Trinajstić information content (AvgIpc) is 2.90. The van der Waals surface area contributed by atoms with Gasteiger partial charge in [-0.25, -0.2) is 0 Å². The first kappa shape index (κ1) is 14.7. The second-order valence-corrected chi connectivity index (χ2v) is 5.01. The highest BCUT2D eigenvalue weighted by Crippen LogP contribution is 2.39. The van der Waals surface area contributed by atoms with Crippen molar-refractivity contribution in [3.05, 3.63) is 23.8 Å². The second kappa shape index (κ2) is 6.13. The maximum Gasteiger partial charge on any atom is 0.308 e. The molecule has 110 valence electrons. The van der Waals surface area contributed by atoms with Crippen molar-refractivity contribution in [1.82, 2.24) is 4.90 Å². The Hall–Kier alpha value is -1.75. The van der Waals surface area contributed by atoms with Gasteiger partial charge >= 0.3 is 5.97 Å². The van der Waals surface area contributed by atoms with Gasteiger partial charge < -0.3 is 19.5 Å². The van der Waals surface area contributed by atoms with Crippen LogP contribution in [0.15, 0.2) is 18.2 Å². The third kappa shape index (κ3) is 2.72. The van der Waals surface area contributed by atoms with Gasteiger partial charge in [0.25, 0.3) is 0 Å². The number of nitrogens with zero attached hydrogens (tertiary/aromatic N) is 1. The van der Waals surface area contributed by atoms with Gasteiger partial charge in [0.05, 0.1) is 20.1 Å². The molecule has 1 aliphatic heterocycles. The minimum absolute atomic E-state index is 0.0479. The van der Waals surface area contributed by atoms with Gasteiger partial charge in [-0.2, -0.15) is 0 Å². The lowest BCUT2D eigenvalue weighted by Gasteiger charge is -2.19. The molecule has 1 aliphatic rings. The summed E-state index contributed by atoms with van der Waals surface area (Å²) in [4.78, 5) is 13.6. The molecule has 0 aromatic heterocycles. The molecule has 0 bridgehead atoms. The van der Waals surface area contributed by atoms with Gasteiger partial charge in [-0.3, -0.25) is 4.79 Å². The summed E-state index contributed by atoms with van der Waals surface area (Å²) in [6.07, 6.45) is 0. The molecular weight excluding hydrogens is 258 g/mol. The first-order chi connectivity index (χ1) is 9.60. The fourth-order valence-electron chi connectivity index (χ4n) is 2.83. The van der Waals surface area contributed by atoms with Crippen LogP contribution in [0.25, 0.3) is 0 Å². The zero-order valence-corrected chi connectivity index (χ0v) is 12.1. The Morgan fingerprint density at radius 3 is 2.65 bits per heavy atom. The monoisotopic (exact) mass is 279 g/mol. The molecule has 2 rings (SSSR count). The van der Waals surface area contributed by atoms with Crippen molar-refractivity contribution in [2.75, 3.05) is 33.9 Å². The molecule has 0 amide bonds. The van der Waals surface area contributed by atoms with Crippen molar-refractivity contribution >= 4 is 5.97 Å². The number of likely N-dealkylation sites (N-methyl/N-ethyl adjacent to an activating group) is 1. The molecule has 5 heteroatoms. The zero-order valence-electron chi connectivity index (χ0n) is 12.1. The van der Waals surface area contributed by atoms with Crippen molar-refractivity contribution in [3.8, 4) is 11.5 Å². The molecule has 1 aromatic rings. The molecule has 0 saturated carbocycles. The molecule has 0 aliphatic carbocycles. The molecule has 1 heterocycles. The zero-order chi connectivity index (χ0) is 14.7. The lowest BCUT2D eigenvalue weighted by molar-refractivity contribution is -0.141. The number of carboxylic acid groups (broad SMARTS) is 1. The van der Waals surface area contributed by atoms with Crippen LogP contribution in [-0.4, -0.2) is 49.8 Å². The highest BCUT2D eigenvalue weighted by atomic mass is 16.5. The number of benzene rings is 1. The summed E-state index contributed by atoms with van der Waals surface area (Å²) in [5, 5.41) is 9.43. The third-order valence-corrected chi connectivity index (χ3v) is 4.00. The summed E-state index contributed by atoms with van der Waals surface area (Å²) in [6.45, 7) is 4.24. The number of likely N-dealkylation sites (tertiary alicyclic amines) is 1. The Labute approximate surface area is 119 Å². The number of aliphatic carboxylic acids is 1. The standard InChI is InChI=1S/C15H21NO4/c1-4-16-8-12(13(9-16)15(17)18)11-6-5-10(19-2)7-14(11)20-3/h5-7,12-13H,4,8-9H2,1-3H3,(H,17,18). The van der Waals surface area contributed by atoms with Crippen LogP contribution in [-0.2, 0) is 4.79 Å². The quantitative estimate of drug-likeness (QED) is 0.891. The Morgan fingerprint density at radius 1 is 1.35 bits per heavy atom. The smallest absolute Gasteiger partial charge is 0.308 e. The minimum Gasteiger partial charge on any atom is -0.497 e. The first-order valence-electron chi connectivity index (χ1n) is 6.77. The van der Waals surface area contributed by atoms with Crippen LogP contribution in [0.1, 0.15) is 18.4 Å². The van der Waals surface area contributed by atoms with Gasteiger partial charge in [0.15, 0.2) is 0 Å². The fraction of sp³-hybridized carbons (Fsp3) is 0.533. The van der Waals surface area contributed by atoms with Crippen molar-refractivity contribution in [2.45, 2.75) is 12.8 Å². The summed E-state index contributed by atoms with van der Waals surface area (Å²) in [6, 6.07) is 5.58. The van der Waals surface area contributed by atoms with E-state index in [0.717, 1.165) is 18.7 Å². The summed E-state index contributed by atoms with van der Waals surface area (Å²) < 4.78 is 10.6. The molecule has 1 N–H and O–H groups in total. The number of rotatable bonds is 5. The van der Waals surface area contributed by atoms with Crippen LogP contribution in [0.4, 0.5) is 0 Å². The molecular formula is C15H21NO4. The van der Waals surface area contributed by atoms with E-state index in [0.29, 0.717) is 18.0 Å². The lowest BCUT2D eigenvalue weighted by Crippen LogP contribution is -2.23. The summed E-state index contributed by atoms with van der Waals surface area (Å²) >= 11 is 0. The molecule has 2 unspecified atom stereocenters. The van der Waals surface area contributed by atoms with Crippen LogP contribution >= 0.6 is 0 Å². The summed E-state index contributed by atoms with van der Waals surface area (Å²) in [5.41, 5.74) is 0.941. The molecule has 1 saturated heterocycles. The van der Waals surface area contributed by atoms with E-state index in [9.17, 15) is 9.90 Å². The predicted octanol–water partition coefficient (Wildman–Crippen LogP) is 1.82. The van der Waals surface area contributed by atoms with Gasteiger partial charge in [-0.05, 0) is 18.2 Å². The number of hydrogen-bond acceptors (Lipinski definition) is 4. The molecule has 20 heavy (non-hydrogen) atoms. The van der Waals surface area contributed by atoms with Gasteiger partial charge in [0.2, 0.25) is 0 Å². The average molecular weight is 279 g/mol. The highest BCUT2D eigenvalue weighted by molar-refractivity contribution is 5.72. The van der Waals surface area contributed by atoms with E-state index in [4.69, 9.17) is 9.47 Å². The summed E-state index contributed by atoms with van der Waals surface area (Å²) in [7, 11) is 3.20. The molecule has 0 radical (unpaired) electrons. The van der Waals surface area contributed by atoms with Crippen LogP contribution in [0.5, 0.6) is 11.5 Å². The van der Waals surface area contributed by atoms with E-state index in [1.54, 1.807) is 14.2 Å². The van der Waals surface area contributed by atoms with Crippen LogP contribution in [0, 0.1) is 5.92 Å². The van der Waals surface area contributed by atoms with E-state index in [2.05, 4.69) is 4.90 Å². The summed E-state index contributed by atoms with van der Waals surface area (Å²) in [5.74, 6) is 0.218. The van der Waals surface area contributed by atoms with Crippen LogP contribution in [0.2, 0.25) is 0 Å². The lowest BCUT2D eigenvalue weighted by atomic mass is 9.88. The molecule has 0 spiro atoms. The second-order valence-electron chi connectivity index (χ2n) is 5.01. The first-order valence-corrected chi connectivity index (χ1v) is 6.77. The SMILES string of the molecule is CCN1CC(C(=O)O)C(c2ccc(OC)cc2OC)C1. The van der Waals surface area contributed by atoms with Crippen LogP contribution < -0.4 is 9.47 Å². The molecule has 1 aromatic carbocycles. The minimum atomic E-state index is -0.746. The third-order valence-electron chi connectivity index (χ3n) is 4.00. The van der Waals surface area contributed by atoms with Gasteiger partial charge in [-0.15, -0.1) is 0 Å². The molecule has 2 atom stereocenters. The Morgan fingerprint density at radius 2 is 2.10 bits per heavy atom. The highest BCUT2D eigenvalue weighted by Gasteiger charge is 2.39. The van der Waals surface area contributed by atoms with Crippen LogP contribution in [0.3, 0.4) is 0 Å².